The molecule has 0 aliphatic carbocycles. The smallest absolute Gasteiger partial charge is 0.269 e. The van der Waals surface area contributed by atoms with E-state index < -0.39 is 0 Å². The number of hydrogen-bond acceptors (Lipinski definition) is 2. The van der Waals surface area contributed by atoms with Gasteiger partial charge in [-0.1, -0.05) is 29.8 Å². The van der Waals surface area contributed by atoms with E-state index in [0.29, 0.717) is 18.8 Å². The van der Waals surface area contributed by atoms with E-state index in [-0.39, 0.29) is 11.3 Å². The van der Waals surface area contributed by atoms with Gasteiger partial charge in [-0.3, -0.25) is 9.48 Å². The van der Waals surface area contributed by atoms with Gasteiger partial charge in [0.05, 0.1) is 5.69 Å². The zero-order chi connectivity index (χ0) is 13.1. The Bertz CT molecular complexity index is 398. The first-order chi connectivity index (χ1) is 7.89. The summed E-state index contributed by atoms with van der Waals surface area (Å²) in [7, 11) is 0. The Kier molecular flexibility index (Phi) is 4.74. The number of aromatic nitrogens is 2. The van der Waals surface area contributed by atoms with Crippen LogP contribution >= 0.6 is 15.9 Å². The van der Waals surface area contributed by atoms with Crippen molar-refractivity contribution in [3.05, 3.63) is 17.5 Å². The predicted octanol–water partition coefficient (Wildman–Crippen LogP) is 2.36. The Morgan fingerprint density at radius 3 is 2.76 bits per heavy atom. The second-order valence-corrected chi connectivity index (χ2v) is 5.53. The third-order valence-electron chi connectivity index (χ3n) is 2.52. The molecule has 4 nitrogen and oxygen atoms in total. The van der Waals surface area contributed by atoms with E-state index in [4.69, 9.17) is 0 Å². The van der Waals surface area contributed by atoms with Crippen LogP contribution in [-0.2, 0) is 6.54 Å². The second kappa shape index (κ2) is 5.67. The van der Waals surface area contributed by atoms with Gasteiger partial charge in [-0.2, -0.15) is 5.10 Å². The number of nitrogens with one attached hydrogen (secondary N) is 1. The molecule has 1 aromatic rings. The van der Waals surface area contributed by atoms with Crippen LogP contribution in [0.25, 0.3) is 0 Å². The van der Waals surface area contributed by atoms with Crippen LogP contribution in [0, 0.1) is 12.3 Å². The molecular weight excluding hydrogens is 282 g/mol. The van der Waals surface area contributed by atoms with Crippen molar-refractivity contribution in [3.8, 4) is 0 Å². The van der Waals surface area contributed by atoms with Gasteiger partial charge in [-0.05, 0) is 25.3 Å². The summed E-state index contributed by atoms with van der Waals surface area (Å²) in [6.45, 7) is 9.43. The summed E-state index contributed by atoms with van der Waals surface area (Å²) in [4.78, 5) is 12.0. The quantitative estimate of drug-likeness (QED) is 0.849. The lowest BCUT2D eigenvalue weighted by Gasteiger charge is -2.21. The van der Waals surface area contributed by atoms with Crippen LogP contribution in [0.2, 0.25) is 0 Å². The number of aryl methyl sites for hydroxylation is 2. The van der Waals surface area contributed by atoms with Crippen molar-refractivity contribution in [2.75, 3.05) is 11.9 Å². The van der Waals surface area contributed by atoms with Crippen LogP contribution in [0.1, 0.15) is 37.0 Å². The maximum Gasteiger partial charge on any atom is 0.269 e. The molecule has 0 bridgehead atoms. The monoisotopic (exact) mass is 301 g/mol. The molecule has 0 aliphatic heterocycles. The molecule has 0 saturated carbocycles. The summed E-state index contributed by atoms with van der Waals surface area (Å²) in [5, 5.41) is 8.06. The lowest BCUT2D eigenvalue weighted by atomic mass is 9.97. The summed E-state index contributed by atoms with van der Waals surface area (Å²) in [6, 6.07) is 1.82. The van der Waals surface area contributed by atoms with Gasteiger partial charge < -0.3 is 5.32 Å². The Labute approximate surface area is 111 Å². The lowest BCUT2D eigenvalue weighted by Crippen LogP contribution is -2.35. The molecule has 17 heavy (non-hydrogen) atoms. The van der Waals surface area contributed by atoms with Gasteiger partial charge in [0.25, 0.3) is 5.91 Å². The third-order valence-corrected chi connectivity index (χ3v) is 4.04. The Morgan fingerprint density at radius 1 is 1.59 bits per heavy atom. The maximum absolute atomic E-state index is 12.0. The average molecular weight is 302 g/mol. The number of carbonyl (C=O) groups is 1. The van der Waals surface area contributed by atoms with Gasteiger partial charge >= 0.3 is 0 Å². The Morgan fingerprint density at radius 2 is 2.24 bits per heavy atom. The van der Waals surface area contributed by atoms with Crippen molar-refractivity contribution in [3.63, 3.8) is 0 Å². The number of halogens is 1. The average Bonchev–Trinajstić information content (AvgIpc) is 2.67. The lowest BCUT2D eigenvalue weighted by molar-refractivity contribution is 0.0929. The molecule has 0 aliphatic rings. The van der Waals surface area contributed by atoms with Crippen molar-refractivity contribution >= 4 is 21.8 Å². The highest BCUT2D eigenvalue weighted by Crippen LogP contribution is 2.16. The predicted molar refractivity (Wildman–Crippen MR) is 72.5 cm³/mol. The standard InChI is InChI=1S/C12H20BrN3O/c1-5-16-10(6-9(2)15-16)11(17)14-8-12(3,4)7-13/h6H,5,7-8H2,1-4H3,(H,14,17). The minimum atomic E-state index is -0.0542. The minimum Gasteiger partial charge on any atom is -0.350 e. The molecule has 5 heteroatoms. The van der Waals surface area contributed by atoms with Crippen molar-refractivity contribution in [2.24, 2.45) is 5.41 Å². The normalized spacial score (nSPS) is 11.6. The van der Waals surface area contributed by atoms with E-state index in [1.165, 1.54) is 0 Å². The fourth-order valence-corrected chi connectivity index (χ4v) is 1.62. The van der Waals surface area contributed by atoms with E-state index in [0.717, 1.165) is 11.0 Å². The molecule has 0 unspecified atom stereocenters. The largest absolute Gasteiger partial charge is 0.350 e. The molecule has 0 radical (unpaired) electrons. The van der Waals surface area contributed by atoms with Crippen molar-refractivity contribution in [1.29, 1.82) is 0 Å². The number of amides is 1. The van der Waals surface area contributed by atoms with E-state index in [2.05, 4.69) is 40.2 Å². The highest BCUT2D eigenvalue weighted by Gasteiger charge is 2.19. The van der Waals surface area contributed by atoms with Crippen LogP contribution in [-0.4, -0.2) is 27.6 Å². The van der Waals surface area contributed by atoms with E-state index in [1.54, 1.807) is 4.68 Å². The zero-order valence-corrected chi connectivity index (χ0v) is 12.5. The number of carbonyl (C=O) groups excluding carboxylic acids is 1. The van der Waals surface area contributed by atoms with Gasteiger partial charge in [0.1, 0.15) is 5.69 Å². The first kappa shape index (κ1) is 14.2. The molecule has 0 spiro atoms. The molecule has 0 fully saturated rings. The third kappa shape index (κ3) is 3.84. The van der Waals surface area contributed by atoms with Crippen molar-refractivity contribution in [1.82, 2.24) is 15.1 Å². The van der Waals surface area contributed by atoms with Crippen LogP contribution in [0.4, 0.5) is 0 Å². The number of hydrogen-bond donors (Lipinski definition) is 1. The molecule has 1 amide bonds. The van der Waals surface area contributed by atoms with Crippen molar-refractivity contribution < 1.29 is 4.79 Å². The minimum absolute atomic E-state index is 0.0542. The summed E-state index contributed by atoms with van der Waals surface area (Å²) in [5.41, 5.74) is 1.56. The molecule has 96 valence electrons. The van der Waals surface area contributed by atoms with Gasteiger partial charge in [0, 0.05) is 18.4 Å². The number of alkyl halides is 1. The topological polar surface area (TPSA) is 46.9 Å². The van der Waals surface area contributed by atoms with Crippen LogP contribution in [0.15, 0.2) is 6.07 Å². The molecule has 1 heterocycles. The zero-order valence-electron chi connectivity index (χ0n) is 10.9. The van der Waals surface area contributed by atoms with Crippen molar-refractivity contribution in [2.45, 2.75) is 34.2 Å². The first-order valence-corrected chi connectivity index (χ1v) is 6.90. The number of rotatable bonds is 5. The van der Waals surface area contributed by atoms with Crippen LogP contribution in [0.5, 0.6) is 0 Å². The fourth-order valence-electron chi connectivity index (χ4n) is 1.43. The molecule has 1 rings (SSSR count). The highest BCUT2D eigenvalue weighted by atomic mass is 79.9. The molecule has 1 N–H and O–H groups in total. The molecule has 0 aromatic carbocycles. The molecular formula is C12H20BrN3O. The summed E-state index contributed by atoms with van der Waals surface area (Å²) in [6.07, 6.45) is 0. The van der Waals surface area contributed by atoms with E-state index in [9.17, 15) is 4.79 Å². The summed E-state index contributed by atoms with van der Waals surface area (Å²) < 4.78 is 1.73. The van der Waals surface area contributed by atoms with Gasteiger partial charge in [-0.25, -0.2) is 0 Å². The molecule has 0 atom stereocenters. The summed E-state index contributed by atoms with van der Waals surface area (Å²) >= 11 is 3.44. The van der Waals surface area contributed by atoms with Gasteiger partial charge in [-0.15, -0.1) is 0 Å². The number of nitrogens with zero attached hydrogens (tertiary/aromatic N) is 2. The van der Waals surface area contributed by atoms with E-state index in [1.807, 2.05) is 19.9 Å². The van der Waals surface area contributed by atoms with Gasteiger partial charge in [0.15, 0.2) is 0 Å². The maximum atomic E-state index is 12.0. The second-order valence-electron chi connectivity index (χ2n) is 4.97. The first-order valence-electron chi connectivity index (χ1n) is 5.78. The molecule has 0 saturated heterocycles. The van der Waals surface area contributed by atoms with Gasteiger partial charge in [0.2, 0.25) is 0 Å². The van der Waals surface area contributed by atoms with Crippen LogP contribution < -0.4 is 5.32 Å². The summed E-state index contributed by atoms with van der Waals surface area (Å²) in [5.74, 6) is -0.0542. The SMILES string of the molecule is CCn1nc(C)cc1C(=O)NCC(C)(C)CBr. The Balaban J connectivity index is 2.70. The Hall–Kier alpha value is -0.840. The molecule has 1 aromatic heterocycles. The highest BCUT2D eigenvalue weighted by molar-refractivity contribution is 9.09. The van der Waals surface area contributed by atoms with Crippen LogP contribution in [0.3, 0.4) is 0 Å². The van der Waals surface area contributed by atoms with E-state index >= 15 is 0 Å². The fraction of sp³-hybridized carbons (Fsp3) is 0.667.